The molecule has 1 rings (SSSR count). The fraction of sp³-hybridized carbons (Fsp3) is 0.417. The number of carbonyl (C=O) groups excluding carboxylic acids is 1. The number of carbonyl (C=O) groups is 1. The van der Waals surface area contributed by atoms with Crippen LogP contribution in [0.1, 0.15) is 24.2 Å². The largest absolute Gasteiger partial charge is 0.417 e. The molecular weight excluding hydrogens is 317 g/mol. The summed E-state index contributed by atoms with van der Waals surface area (Å²) in [5.41, 5.74) is -1.19. The van der Waals surface area contributed by atoms with E-state index in [0.717, 1.165) is 17.8 Å². The Kier molecular flexibility index (Phi) is 5.88. The van der Waals surface area contributed by atoms with E-state index in [1.165, 1.54) is 13.0 Å². The predicted octanol–water partition coefficient (Wildman–Crippen LogP) is 3.03. The monoisotopic (exact) mass is 328 g/mol. The van der Waals surface area contributed by atoms with Gasteiger partial charge in [0.1, 0.15) is 6.10 Å². The van der Waals surface area contributed by atoms with Gasteiger partial charge in [-0.3, -0.25) is 4.79 Å². The summed E-state index contributed by atoms with van der Waals surface area (Å²) in [6.07, 6.45) is -7.53. The van der Waals surface area contributed by atoms with Crippen LogP contribution in [-0.2, 0) is 11.0 Å². The zero-order chi connectivity index (χ0) is 15.5. The number of aliphatic hydroxyl groups excluding tert-OH is 2. The molecule has 1 aromatic rings. The Labute approximate surface area is 122 Å². The molecule has 2 N–H and O–H groups in total. The van der Waals surface area contributed by atoms with E-state index in [2.05, 4.69) is 0 Å². The quantitative estimate of drug-likeness (QED) is 0.892. The van der Waals surface area contributed by atoms with E-state index in [9.17, 15) is 28.2 Å². The third-order valence-corrected chi connectivity index (χ3v) is 3.70. The van der Waals surface area contributed by atoms with Crippen molar-refractivity contribution in [2.75, 3.05) is 5.75 Å². The van der Waals surface area contributed by atoms with Crippen LogP contribution in [0.5, 0.6) is 0 Å². The second-order valence-electron chi connectivity index (χ2n) is 4.05. The summed E-state index contributed by atoms with van der Waals surface area (Å²) in [7, 11) is 0. The first-order valence-corrected chi connectivity index (χ1v) is 6.85. The molecule has 0 spiro atoms. The van der Waals surface area contributed by atoms with Gasteiger partial charge in [0.05, 0.1) is 16.7 Å². The van der Waals surface area contributed by atoms with E-state index in [1.54, 1.807) is 0 Å². The van der Waals surface area contributed by atoms with Crippen LogP contribution in [0.25, 0.3) is 0 Å². The van der Waals surface area contributed by atoms with Crippen LogP contribution in [0.3, 0.4) is 0 Å². The maximum Gasteiger partial charge on any atom is 0.417 e. The molecule has 20 heavy (non-hydrogen) atoms. The first-order chi connectivity index (χ1) is 9.12. The highest BCUT2D eigenvalue weighted by atomic mass is 35.5. The summed E-state index contributed by atoms with van der Waals surface area (Å²) >= 11 is 6.23. The third-order valence-electron chi connectivity index (χ3n) is 2.46. The smallest absolute Gasteiger partial charge is 0.389 e. The van der Waals surface area contributed by atoms with E-state index in [1.807, 2.05) is 0 Å². The number of aliphatic hydroxyl groups is 2. The topological polar surface area (TPSA) is 57.5 Å². The standard InChI is InChI=1S/C12H12ClF3O3S/c1-6(17)20-5-10(18)11(19)7-2-3-9(13)8(4-7)12(14,15)16/h2-4,10-11,18-19H,5H2,1H3. The Morgan fingerprint density at radius 3 is 2.50 bits per heavy atom. The van der Waals surface area contributed by atoms with Crippen molar-refractivity contribution in [3.63, 3.8) is 0 Å². The van der Waals surface area contributed by atoms with Gasteiger partial charge in [-0.05, 0) is 17.7 Å². The van der Waals surface area contributed by atoms with Crippen molar-refractivity contribution in [1.82, 2.24) is 0 Å². The Bertz CT molecular complexity index is 493. The van der Waals surface area contributed by atoms with Crippen molar-refractivity contribution in [3.8, 4) is 0 Å². The number of rotatable bonds is 4. The molecule has 0 aliphatic heterocycles. The molecule has 2 atom stereocenters. The molecule has 3 nitrogen and oxygen atoms in total. The van der Waals surface area contributed by atoms with E-state index in [-0.39, 0.29) is 16.4 Å². The summed E-state index contributed by atoms with van der Waals surface area (Å²) in [6, 6.07) is 2.90. The summed E-state index contributed by atoms with van der Waals surface area (Å²) in [6.45, 7) is 1.29. The number of hydrogen-bond acceptors (Lipinski definition) is 4. The first-order valence-electron chi connectivity index (χ1n) is 5.49. The normalized spacial score (nSPS) is 14.9. The molecule has 112 valence electrons. The Balaban J connectivity index is 2.94. The van der Waals surface area contributed by atoms with Crippen molar-refractivity contribution < 1.29 is 28.2 Å². The van der Waals surface area contributed by atoms with Gasteiger partial charge in [-0.2, -0.15) is 13.2 Å². The summed E-state index contributed by atoms with van der Waals surface area (Å²) in [5, 5.41) is 18.7. The number of thioether (sulfide) groups is 1. The van der Waals surface area contributed by atoms with Crippen LogP contribution in [-0.4, -0.2) is 27.2 Å². The SMILES string of the molecule is CC(=O)SCC(O)C(O)c1ccc(Cl)c(C(F)(F)F)c1. The maximum atomic E-state index is 12.7. The van der Waals surface area contributed by atoms with Gasteiger partial charge in [0, 0.05) is 12.7 Å². The minimum Gasteiger partial charge on any atom is -0.389 e. The molecule has 0 radical (unpaired) electrons. The van der Waals surface area contributed by atoms with Gasteiger partial charge in [-0.1, -0.05) is 29.4 Å². The van der Waals surface area contributed by atoms with Crippen LogP contribution in [0.4, 0.5) is 13.2 Å². The lowest BCUT2D eigenvalue weighted by Gasteiger charge is -2.19. The second-order valence-corrected chi connectivity index (χ2v) is 5.66. The molecule has 0 bridgehead atoms. The highest BCUT2D eigenvalue weighted by Gasteiger charge is 2.34. The molecule has 1 aromatic carbocycles. The van der Waals surface area contributed by atoms with Crippen molar-refractivity contribution >= 4 is 28.5 Å². The van der Waals surface area contributed by atoms with E-state index in [0.29, 0.717) is 6.07 Å². The van der Waals surface area contributed by atoms with Crippen LogP contribution < -0.4 is 0 Å². The summed E-state index contributed by atoms with van der Waals surface area (Å²) in [5.74, 6) is -0.111. The van der Waals surface area contributed by atoms with Crippen molar-refractivity contribution in [1.29, 1.82) is 0 Å². The fourth-order valence-electron chi connectivity index (χ4n) is 1.46. The maximum absolute atomic E-state index is 12.7. The summed E-state index contributed by atoms with van der Waals surface area (Å²) in [4.78, 5) is 10.7. The Morgan fingerprint density at radius 2 is 2.00 bits per heavy atom. The zero-order valence-electron chi connectivity index (χ0n) is 10.3. The molecule has 0 heterocycles. The van der Waals surface area contributed by atoms with E-state index < -0.39 is 29.0 Å². The van der Waals surface area contributed by atoms with E-state index in [4.69, 9.17) is 11.6 Å². The lowest BCUT2D eigenvalue weighted by atomic mass is 10.0. The molecule has 0 fully saturated rings. The highest BCUT2D eigenvalue weighted by Crippen LogP contribution is 2.36. The number of hydrogen-bond donors (Lipinski definition) is 2. The third kappa shape index (κ3) is 4.66. The predicted molar refractivity (Wildman–Crippen MR) is 70.6 cm³/mol. The molecule has 0 amide bonds. The average molecular weight is 329 g/mol. The molecule has 0 aliphatic rings. The Morgan fingerprint density at radius 1 is 1.40 bits per heavy atom. The van der Waals surface area contributed by atoms with Crippen LogP contribution >= 0.6 is 23.4 Å². The number of halogens is 4. The molecule has 0 aromatic heterocycles. The zero-order valence-corrected chi connectivity index (χ0v) is 11.9. The molecule has 0 saturated heterocycles. The molecular formula is C12H12ClF3O3S. The minimum atomic E-state index is -4.65. The second kappa shape index (κ2) is 6.80. The van der Waals surface area contributed by atoms with Crippen molar-refractivity contribution in [2.45, 2.75) is 25.3 Å². The van der Waals surface area contributed by atoms with Crippen LogP contribution in [0, 0.1) is 0 Å². The molecule has 2 unspecified atom stereocenters. The van der Waals surface area contributed by atoms with Crippen molar-refractivity contribution in [2.24, 2.45) is 0 Å². The first kappa shape index (κ1) is 17.3. The Hall–Kier alpha value is -0.760. The van der Waals surface area contributed by atoms with Gasteiger partial charge in [0.15, 0.2) is 5.12 Å². The average Bonchev–Trinajstić information content (AvgIpc) is 2.34. The molecule has 8 heteroatoms. The van der Waals surface area contributed by atoms with E-state index >= 15 is 0 Å². The lowest BCUT2D eigenvalue weighted by Crippen LogP contribution is -2.22. The van der Waals surface area contributed by atoms with Gasteiger partial charge in [0.25, 0.3) is 0 Å². The van der Waals surface area contributed by atoms with Gasteiger partial charge in [0.2, 0.25) is 0 Å². The van der Waals surface area contributed by atoms with Gasteiger partial charge in [-0.15, -0.1) is 0 Å². The number of alkyl halides is 3. The minimum absolute atomic E-state index is 0.111. The lowest BCUT2D eigenvalue weighted by molar-refractivity contribution is -0.137. The molecule has 0 saturated carbocycles. The fourth-order valence-corrected chi connectivity index (χ4v) is 2.27. The van der Waals surface area contributed by atoms with Crippen LogP contribution in [0.2, 0.25) is 5.02 Å². The van der Waals surface area contributed by atoms with Gasteiger partial charge >= 0.3 is 6.18 Å². The molecule has 0 aliphatic carbocycles. The highest BCUT2D eigenvalue weighted by molar-refractivity contribution is 8.13. The van der Waals surface area contributed by atoms with Gasteiger partial charge in [-0.25, -0.2) is 0 Å². The van der Waals surface area contributed by atoms with Gasteiger partial charge < -0.3 is 10.2 Å². The van der Waals surface area contributed by atoms with Crippen LogP contribution in [0.15, 0.2) is 18.2 Å². The summed E-state index contributed by atoms with van der Waals surface area (Å²) < 4.78 is 38.0. The van der Waals surface area contributed by atoms with Crippen molar-refractivity contribution in [3.05, 3.63) is 34.3 Å². The number of benzene rings is 1.